The molecule has 2 bridgehead atoms. The molecular weight excluding hydrogens is 386 g/mol. The number of hydrogen-bond donors (Lipinski definition) is 1. The summed E-state index contributed by atoms with van der Waals surface area (Å²) < 4.78 is 0. The number of rotatable bonds is 3. The number of likely N-dealkylation sites (tertiary alicyclic amines) is 1. The Labute approximate surface area is 183 Å². The van der Waals surface area contributed by atoms with Crippen LogP contribution in [0.3, 0.4) is 0 Å². The number of piperidine rings is 3. The molecule has 1 amide bonds. The van der Waals surface area contributed by atoms with Gasteiger partial charge in [0, 0.05) is 43.5 Å². The molecule has 1 aromatic carbocycles. The molecule has 3 saturated heterocycles. The summed E-state index contributed by atoms with van der Waals surface area (Å²) in [6.45, 7) is 2.86. The predicted octanol–water partition coefficient (Wildman–Crippen LogP) is 3.45. The van der Waals surface area contributed by atoms with Gasteiger partial charge in [-0.05, 0) is 49.9 Å². The molecule has 0 spiro atoms. The quantitative estimate of drug-likeness (QED) is 0.828. The van der Waals surface area contributed by atoms with Gasteiger partial charge in [0.2, 0.25) is 5.95 Å². The number of nitrogens with two attached hydrogens (primary N) is 1. The summed E-state index contributed by atoms with van der Waals surface area (Å²) in [5, 5.41) is 0. The largest absolute Gasteiger partial charge is 0.368 e. The zero-order valence-electron chi connectivity index (χ0n) is 18.0. The number of aromatic nitrogens is 2. The lowest BCUT2D eigenvalue weighted by Crippen LogP contribution is -2.62. The number of hydrogen-bond acceptors (Lipinski definition) is 5. The number of nitrogen functional groups attached to an aromatic ring is 1. The fourth-order valence-electron chi connectivity index (χ4n) is 6.54. The predicted molar refractivity (Wildman–Crippen MR) is 120 cm³/mol. The van der Waals surface area contributed by atoms with E-state index in [1.807, 2.05) is 30.3 Å². The van der Waals surface area contributed by atoms with Crippen LogP contribution in [0.4, 0.5) is 5.95 Å². The van der Waals surface area contributed by atoms with Gasteiger partial charge >= 0.3 is 0 Å². The molecule has 2 N–H and O–H groups in total. The van der Waals surface area contributed by atoms with Crippen molar-refractivity contribution in [3.05, 3.63) is 42.1 Å². The molecule has 6 nitrogen and oxygen atoms in total. The normalized spacial score (nSPS) is 30.6. The van der Waals surface area contributed by atoms with Crippen LogP contribution in [0.25, 0.3) is 11.3 Å². The van der Waals surface area contributed by atoms with Gasteiger partial charge in [0.15, 0.2) is 0 Å². The zero-order chi connectivity index (χ0) is 20.9. The lowest BCUT2D eigenvalue weighted by atomic mass is 9.74. The molecule has 0 unspecified atom stereocenters. The van der Waals surface area contributed by atoms with Gasteiger partial charge in [-0.1, -0.05) is 36.8 Å². The van der Waals surface area contributed by atoms with Crippen molar-refractivity contribution >= 4 is 11.9 Å². The van der Waals surface area contributed by atoms with Crippen molar-refractivity contribution in [1.82, 2.24) is 19.8 Å². The molecule has 31 heavy (non-hydrogen) atoms. The minimum atomic E-state index is 0.0524. The van der Waals surface area contributed by atoms with E-state index in [1.165, 1.54) is 38.5 Å². The molecule has 4 atom stereocenters. The number of amides is 1. The van der Waals surface area contributed by atoms with Crippen LogP contribution in [0.5, 0.6) is 0 Å². The summed E-state index contributed by atoms with van der Waals surface area (Å²) in [5.41, 5.74) is 7.99. The first-order valence-electron chi connectivity index (χ1n) is 11.9. The Balaban J connectivity index is 1.26. The maximum Gasteiger partial charge on any atom is 0.257 e. The Kier molecular flexibility index (Phi) is 4.71. The first-order valence-corrected chi connectivity index (χ1v) is 11.9. The van der Waals surface area contributed by atoms with Crippen LogP contribution in [0.2, 0.25) is 0 Å². The second-order valence-corrected chi connectivity index (χ2v) is 10.0. The number of carbonyl (C=O) groups is 1. The zero-order valence-corrected chi connectivity index (χ0v) is 18.0. The lowest BCUT2D eigenvalue weighted by molar-refractivity contribution is -0.0551. The highest BCUT2D eigenvalue weighted by atomic mass is 16.2. The Morgan fingerprint density at radius 1 is 0.968 bits per heavy atom. The molecule has 2 aromatic rings. The molecule has 1 aliphatic carbocycles. The van der Waals surface area contributed by atoms with Crippen LogP contribution in [0.15, 0.2) is 36.5 Å². The van der Waals surface area contributed by atoms with Gasteiger partial charge in [-0.3, -0.25) is 9.69 Å². The van der Waals surface area contributed by atoms with E-state index >= 15 is 0 Å². The van der Waals surface area contributed by atoms with Gasteiger partial charge in [-0.25, -0.2) is 9.97 Å². The molecule has 162 valence electrons. The monoisotopic (exact) mass is 417 g/mol. The van der Waals surface area contributed by atoms with Crippen molar-refractivity contribution < 1.29 is 4.79 Å². The minimum absolute atomic E-state index is 0.0524. The van der Waals surface area contributed by atoms with Crippen LogP contribution in [0.1, 0.15) is 48.9 Å². The maximum absolute atomic E-state index is 13.7. The number of fused-ring (bicyclic) bond motifs is 4. The number of carbonyl (C=O) groups excluding carboxylic acids is 1. The fraction of sp³-hybridized carbons (Fsp3) is 0.560. The topological polar surface area (TPSA) is 75.3 Å². The van der Waals surface area contributed by atoms with E-state index in [4.69, 9.17) is 5.73 Å². The number of anilines is 1. The summed E-state index contributed by atoms with van der Waals surface area (Å²) in [5.74, 6) is 2.37. The smallest absolute Gasteiger partial charge is 0.257 e. The highest BCUT2D eigenvalue weighted by Gasteiger charge is 2.48. The van der Waals surface area contributed by atoms with E-state index in [0.29, 0.717) is 29.1 Å². The molecule has 4 aliphatic rings. The summed E-state index contributed by atoms with van der Waals surface area (Å²) >= 11 is 0. The minimum Gasteiger partial charge on any atom is -0.368 e. The Morgan fingerprint density at radius 3 is 2.52 bits per heavy atom. The van der Waals surface area contributed by atoms with E-state index in [0.717, 1.165) is 37.2 Å². The van der Waals surface area contributed by atoms with Gasteiger partial charge in [-0.2, -0.15) is 0 Å². The molecule has 4 heterocycles. The van der Waals surface area contributed by atoms with Crippen molar-refractivity contribution in [1.29, 1.82) is 0 Å². The maximum atomic E-state index is 13.7. The first kappa shape index (κ1) is 19.2. The second-order valence-electron chi connectivity index (χ2n) is 10.0. The highest BCUT2D eigenvalue weighted by molar-refractivity contribution is 5.99. The van der Waals surface area contributed by atoms with E-state index in [9.17, 15) is 4.79 Å². The standard InChI is InChI=1S/C25H31N5O/c26-25-27-12-20(23(28-25)18-5-2-1-3-6-18)24(31)29-13-16-11-19(15-29)22-8-4-7-21(17-9-10-17)30(22)14-16/h1-3,5-6,12,16-17,19,21-22H,4,7-11,13-15H2,(H2,26,27,28)/t16-,19+,21+,22-/m0/s1. The lowest BCUT2D eigenvalue weighted by Gasteiger charge is -2.55. The Morgan fingerprint density at radius 2 is 1.74 bits per heavy atom. The molecule has 3 aliphatic heterocycles. The van der Waals surface area contributed by atoms with E-state index in [-0.39, 0.29) is 11.9 Å². The van der Waals surface area contributed by atoms with Gasteiger partial charge in [0.1, 0.15) is 0 Å². The van der Waals surface area contributed by atoms with Crippen LogP contribution in [0, 0.1) is 17.8 Å². The summed E-state index contributed by atoms with van der Waals surface area (Å²) in [6.07, 6.45) is 9.76. The third-order valence-electron chi connectivity index (χ3n) is 7.97. The van der Waals surface area contributed by atoms with Crippen LogP contribution in [-0.4, -0.2) is 57.4 Å². The highest BCUT2D eigenvalue weighted by Crippen LogP contribution is 2.46. The molecule has 4 fully saturated rings. The van der Waals surface area contributed by atoms with Crippen LogP contribution < -0.4 is 5.73 Å². The fourth-order valence-corrected chi connectivity index (χ4v) is 6.54. The number of benzene rings is 1. The van der Waals surface area contributed by atoms with Crippen molar-refractivity contribution in [3.63, 3.8) is 0 Å². The van der Waals surface area contributed by atoms with E-state index in [1.54, 1.807) is 6.20 Å². The third kappa shape index (κ3) is 3.51. The van der Waals surface area contributed by atoms with Crippen LogP contribution in [-0.2, 0) is 0 Å². The Bertz CT molecular complexity index is 975. The van der Waals surface area contributed by atoms with E-state index < -0.39 is 0 Å². The third-order valence-corrected chi connectivity index (χ3v) is 7.97. The Hall–Kier alpha value is -2.47. The van der Waals surface area contributed by atoms with Gasteiger partial charge in [0.05, 0.1) is 11.3 Å². The average molecular weight is 418 g/mol. The van der Waals surface area contributed by atoms with Crippen molar-refractivity contribution in [2.45, 2.75) is 50.6 Å². The van der Waals surface area contributed by atoms with Crippen molar-refractivity contribution in [3.8, 4) is 11.3 Å². The molecule has 6 heteroatoms. The van der Waals surface area contributed by atoms with E-state index in [2.05, 4.69) is 19.8 Å². The summed E-state index contributed by atoms with van der Waals surface area (Å²) in [6, 6.07) is 11.3. The number of nitrogens with zero attached hydrogens (tertiary/aromatic N) is 4. The molecule has 1 saturated carbocycles. The second kappa shape index (κ2) is 7.59. The molecule has 0 radical (unpaired) electrons. The molecule has 6 rings (SSSR count). The average Bonchev–Trinajstić information content (AvgIpc) is 3.64. The summed E-state index contributed by atoms with van der Waals surface area (Å²) in [7, 11) is 0. The van der Waals surface area contributed by atoms with Crippen LogP contribution >= 0.6 is 0 Å². The van der Waals surface area contributed by atoms with Crippen molar-refractivity contribution in [2.24, 2.45) is 17.8 Å². The summed E-state index contributed by atoms with van der Waals surface area (Å²) in [4.78, 5) is 27.2. The van der Waals surface area contributed by atoms with Crippen molar-refractivity contribution in [2.75, 3.05) is 25.4 Å². The SMILES string of the molecule is Nc1ncc(C(=O)N2C[C@@H]3C[C@H](C2)[C@@H]2CCC[C@H](C4CC4)N2C3)c(-c2ccccc2)n1. The van der Waals surface area contributed by atoms with Gasteiger partial charge in [0.25, 0.3) is 5.91 Å². The molecular formula is C25H31N5O. The molecule has 1 aromatic heterocycles. The first-order chi connectivity index (χ1) is 15.2. The van der Waals surface area contributed by atoms with Gasteiger partial charge < -0.3 is 10.6 Å². The van der Waals surface area contributed by atoms with Gasteiger partial charge in [-0.15, -0.1) is 0 Å².